The van der Waals surface area contributed by atoms with E-state index in [1.54, 1.807) is 0 Å². The summed E-state index contributed by atoms with van der Waals surface area (Å²) in [6, 6.07) is 0. The number of ether oxygens (including phenoxy) is 1. The van der Waals surface area contributed by atoms with Crippen LogP contribution in [0.25, 0.3) is 0 Å². The van der Waals surface area contributed by atoms with Crippen molar-refractivity contribution in [1.82, 2.24) is 10.2 Å². The summed E-state index contributed by atoms with van der Waals surface area (Å²) in [5.74, 6) is 1.34. The lowest BCUT2D eigenvalue weighted by molar-refractivity contribution is -0.125. The molecule has 1 aliphatic carbocycles. The molecule has 0 aromatic carbocycles. The molecule has 0 radical (unpaired) electrons. The summed E-state index contributed by atoms with van der Waals surface area (Å²) in [6.45, 7) is 7.69. The number of hydrogen-bond donors (Lipinski definition) is 1. The zero-order valence-corrected chi connectivity index (χ0v) is 12.2. The van der Waals surface area contributed by atoms with Crippen LogP contribution < -0.4 is 5.32 Å². The zero-order valence-electron chi connectivity index (χ0n) is 12.2. The lowest BCUT2D eigenvalue weighted by atomic mass is 9.98. The smallest absolute Gasteiger partial charge is 0.223 e. The second kappa shape index (κ2) is 7.85. The zero-order chi connectivity index (χ0) is 13.5. The summed E-state index contributed by atoms with van der Waals surface area (Å²) < 4.78 is 5.32. The summed E-state index contributed by atoms with van der Waals surface area (Å²) in [6.07, 6.45) is 5.86. The van der Waals surface area contributed by atoms with E-state index in [0.717, 1.165) is 58.2 Å². The minimum Gasteiger partial charge on any atom is -0.379 e. The standard InChI is InChI=1S/C15H28N2O2/c1-13-3-2-4-14(6-5-13)15(18)16-7-8-17-9-11-19-12-10-17/h13-14H,2-12H2,1H3,(H,16,18). The lowest BCUT2D eigenvalue weighted by Gasteiger charge is -2.26. The second-order valence-corrected chi connectivity index (χ2v) is 6.06. The molecule has 2 unspecified atom stereocenters. The molecule has 2 atom stereocenters. The molecular formula is C15H28N2O2. The van der Waals surface area contributed by atoms with Crippen molar-refractivity contribution in [2.45, 2.75) is 39.0 Å². The number of amides is 1. The van der Waals surface area contributed by atoms with Crippen molar-refractivity contribution in [3.05, 3.63) is 0 Å². The fourth-order valence-electron chi connectivity index (χ4n) is 3.06. The van der Waals surface area contributed by atoms with Gasteiger partial charge in [-0.3, -0.25) is 9.69 Å². The summed E-state index contributed by atoms with van der Waals surface area (Å²) in [4.78, 5) is 14.5. The highest BCUT2D eigenvalue weighted by Crippen LogP contribution is 2.26. The van der Waals surface area contributed by atoms with Gasteiger partial charge in [-0.15, -0.1) is 0 Å². The van der Waals surface area contributed by atoms with Crippen molar-refractivity contribution in [3.8, 4) is 0 Å². The van der Waals surface area contributed by atoms with Crippen molar-refractivity contribution < 1.29 is 9.53 Å². The van der Waals surface area contributed by atoms with Crippen molar-refractivity contribution in [2.75, 3.05) is 39.4 Å². The molecule has 2 fully saturated rings. The molecule has 0 aromatic heterocycles. The summed E-state index contributed by atoms with van der Waals surface area (Å²) in [7, 11) is 0. The van der Waals surface area contributed by atoms with Crippen LogP contribution in [-0.4, -0.2) is 50.2 Å². The Balaban J connectivity index is 1.63. The van der Waals surface area contributed by atoms with Gasteiger partial charge in [0, 0.05) is 32.1 Å². The molecule has 1 aliphatic heterocycles. The summed E-state index contributed by atoms with van der Waals surface area (Å²) in [5, 5.41) is 3.12. The quantitative estimate of drug-likeness (QED) is 0.788. The number of hydrogen-bond acceptors (Lipinski definition) is 3. The first-order valence-corrected chi connectivity index (χ1v) is 7.83. The van der Waals surface area contributed by atoms with Crippen molar-refractivity contribution in [1.29, 1.82) is 0 Å². The topological polar surface area (TPSA) is 41.6 Å². The van der Waals surface area contributed by atoms with Crippen LogP contribution in [0.3, 0.4) is 0 Å². The van der Waals surface area contributed by atoms with Gasteiger partial charge in [-0.25, -0.2) is 0 Å². The fraction of sp³-hybridized carbons (Fsp3) is 0.933. The predicted molar refractivity (Wildman–Crippen MR) is 76.0 cm³/mol. The van der Waals surface area contributed by atoms with Crippen molar-refractivity contribution >= 4 is 5.91 Å². The molecule has 0 bridgehead atoms. The van der Waals surface area contributed by atoms with E-state index in [4.69, 9.17) is 4.74 Å². The minimum absolute atomic E-state index is 0.259. The number of nitrogens with one attached hydrogen (secondary N) is 1. The van der Waals surface area contributed by atoms with Crippen molar-refractivity contribution in [3.63, 3.8) is 0 Å². The van der Waals surface area contributed by atoms with Gasteiger partial charge in [-0.2, -0.15) is 0 Å². The molecule has 0 spiro atoms. The van der Waals surface area contributed by atoms with Crippen LogP contribution in [-0.2, 0) is 9.53 Å². The lowest BCUT2D eigenvalue weighted by Crippen LogP contribution is -2.42. The second-order valence-electron chi connectivity index (χ2n) is 6.06. The molecule has 1 N–H and O–H groups in total. The average Bonchev–Trinajstić information content (AvgIpc) is 2.65. The average molecular weight is 268 g/mol. The van der Waals surface area contributed by atoms with Crippen LogP contribution >= 0.6 is 0 Å². The van der Waals surface area contributed by atoms with Gasteiger partial charge in [0.05, 0.1) is 13.2 Å². The molecule has 19 heavy (non-hydrogen) atoms. The van der Waals surface area contributed by atoms with Gasteiger partial charge in [-0.05, 0) is 25.2 Å². The number of carbonyl (C=O) groups excluding carboxylic acids is 1. The number of nitrogens with zero attached hydrogens (tertiary/aromatic N) is 1. The molecule has 1 amide bonds. The maximum atomic E-state index is 12.1. The highest BCUT2D eigenvalue weighted by molar-refractivity contribution is 5.78. The SMILES string of the molecule is CC1CCCC(C(=O)NCCN2CCOCC2)CC1. The van der Waals surface area contributed by atoms with Gasteiger partial charge in [0.15, 0.2) is 0 Å². The van der Waals surface area contributed by atoms with Crippen LogP contribution in [0, 0.1) is 11.8 Å². The molecular weight excluding hydrogens is 240 g/mol. The Morgan fingerprint density at radius 1 is 1.21 bits per heavy atom. The Labute approximate surface area is 116 Å². The van der Waals surface area contributed by atoms with E-state index >= 15 is 0 Å². The van der Waals surface area contributed by atoms with Crippen molar-refractivity contribution in [2.24, 2.45) is 11.8 Å². The predicted octanol–water partition coefficient (Wildman–Crippen LogP) is 1.65. The first kappa shape index (κ1) is 14.8. The molecule has 4 nitrogen and oxygen atoms in total. The Hall–Kier alpha value is -0.610. The van der Waals surface area contributed by atoms with E-state index in [-0.39, 0.29) is 11.8 Å². The van der Waals surface area contributed by atoms with Gasteiger partial charge in [0.2, 0.25) is 5.91 Å². The molecule has 2 rings (SSSR count). The van der Waals surface area contributed by atoms with Gasteiger partial charge >= 0.3 is 0 Å². The highest BCUT2D eigenvalue weighted by Gasteiger charge is 2.22. The normalized spacial score (nSPS) is 29.7. The van der Waals surface area contributed by atoms with Crippen LogP contribution in [0.5, 0.6) is 0 Å². The Morgan fingerprint density at radius 3 is 2.79 bits per heavy atom. The third-order valence-electron chi connectivity index (χ3n) is 4.46. The molecule has 1 heterocycles. The van der Waals surface area contributed by atoms with Crippen LogP contribution in [0.1, 0.15) is 39.0 Å². The third-order valence-corrected chi connectivity index (χ3v) is 4.46. The number of rotatable bonds is 4. The first-order valence-electron chi connectivity index (χ1n) is 7.83. The van der Waals surface area contributed by atoms with Crippen LogP contribution in [0.15, 0.2) is 0 Å². The Morgan fingerprint density at radius 2 is 2.00 bits per heavy atom. The maximum Gasteiger partial charge on any atom is 0.223 e. The van der Waals surface area contributed by atoms with E-state index in [9.17, 15) is 4.79 Å². The molecule has 0 aromatic rings. The van der Waals surface area contributed by atoms with E-state index in [1.807, 2.05) is 0 Å². The maximum absolute atomic E-state index is 12.1. The molecule has 4 heteroatoms. The largest absolute Gasteiger partial charge is 0.379 e. The molecule has 110 valence electrons. The Kier molecular flexibility index (Phi) is 6.11. The van der Waals surface area contributed by atoms with Gasteiger partial charge in [-0.1, -0.05) is 19.8 Å². The monoisotopic (exact) mass is 268 g/mol. The number of carbonyl (C=O) groups is 1. The fourth-order valence-corrected chi connectivity index (χ4v) is 3.06. The van der Waals surface area contributed by atoms with Gasteiger partial charge in [0.1, 0.15) is 0 Å². The Bertz CT molecular complexity index is 277. The molecule has 1 saturated carbocycles. The van der Waals surface area contributed by atoms with Gasteiger partial charge in [0.25, 0.3) is 0 Å². The molecule has 1 saturated heterocycles. The van der Waals surface area contributed by atoms with Crippen LogP contribution in [0.2, 0.25) is 0 Å². The summed E-state index contributed by atoms with van der Waals surface area (Å²) in [5.41, 5.74) is 0. The van der Waals surface area contributed by atoms with Gasteiger partial charge < -0.3 is 10.1 Å². The minimum atomic E-state index is 0.259. The van der Waals surface area contributed by atoms with Crippen LogP contribution in [0.4, 0.5) is 0 Å². The highest BCUT2D eigenvalue weighted by atomic mass is 16.5. The van der Waals surface area contributed by atoms with E-state index in [2.05, 4.69) is 17.1 Å². The summed E-state index contributed by atoms with van der Waals surface area (Å²) >= 11 is 0. The van der Waals surface area contributed by atoms with E-state index in [1.165, 1.54) is 19.3 Å². The first-order chi connectivity index (χ1) is 9.25. The van der Waals surface area contributed by atoms with E-state index in [0.29, 0.717) is 0 Å². The number of morpholine rings is 1. The third kappa shape index (κ3) is 5.11. The van der Waals surface area contributed by atoms with E-state index < -0.39 is 0 Å². The molecule has 2 aliphatic rings.